The van der Waals surface area contributed by atoms with Crippen molar-refractivity contribution >= 4 is 5.57 Å². The van der Waals surface area contributed by atoms with Crippen LogP contribution < -0.4 is 4.74 Å². The van der Waals surface area contributed by atoms with Crippen molar-refractivity contribution < 1.29 is 4.74 Å². The molecule has 0 saturated heterocycles. The van der Waals surface area contributed by atoms with Crippen LogP contribution in [0.5, 0.6) is 5.75 Å². The number of ether oxygens (including phenoxy) is 1. The number of benzene rings is 1. The summed E-state index contributed by atoms with van der Waals surface area (Å²) in [4.78, 5) is 9.11. The fraction of sp³-hybridized carbons (Fsp3) is 0.211. The molecule has 0 aliphatic heterocycles. The van der Waals surface area contributed by atoms with Crippen LogP contribution in [-0.4, -0.2) is 27.3 Å². The van der Waals surface area contributed by atoms with Gasteiger partial charge in [-0.25, -0.2) is 9.97 Å². The van der Waals surface area contributed by atoms with E-state index in [1.165, 1.54) is 0 Å². The smallest absolute Gasteiger partial charge is 0.126 e. The summed E-state index contributed by atoms with van der Waals surface area (Å²) in [5.41, 5.74) is 6.25. The van der Waals surface area contributed by atoms with E-state index >= 15 is 0 Å². The molecule has 0 spiro atoms. The number of methoxy groups -OCH3 is 1. The van der Waals surface area contributed by atoms with Crippen LogP contribution in [0, 0.1) is 0 Å². The zero-order valence-electron chi connectivity index (χ0n) is 13.5. The predicted octanol–water partition coefficient (Wildman–Crippen LogP) is 3.64. The maximum Gasteiger partial charge on any atom is 0.126 e. The Bertz CT molecular complexity index is 884. The molecule has 4 rings (SSSR count). The van der Waals surface area contributed by atoms with Crippen molar-refractivity contribution in [2.24, 2.45) is 0 Å². The van der Waals surface area contributed by atoms with E-state index in [9.17, 15) is 0 Å². The Balaban J connectivity index is 1.97. The van der Waals surface area contributed by atoms with Crippen LogP contribution in [0.1, 0.15) is 29.7 Å². The van der Waals surface area contributed by atoms with E-state index in [0.717, 1.165) is 58.7 Å². The van der Waals surface area contributed by atoms with Gasteiger partial charge in [0.2, 0.25) is 0 Å². The van der Waals surface area contributed by atoms with E-state index in [1.807, 2.05) is 24.4 Å². The van der Waals surface area contributed by atoms with Crippen molar-refractivity contribution in [3.8, 4) is 17.0 Å². The minimum Gasteiger partial charge on any atom is -0.496 e. The lowest BCUT2D eigenvalue weighted by Crippen LogP contribution is -2.03. The SMILES string of the molecule is COc1ccccc1C1=CCCCc2ncnc(-c3cn[nH]c3)c21. The van der Waals surface area contributed by atoms with Gasteiger partial charge >= 0.3 is 0 Å². The Kier molecular flexibility index (Phi) is 3.83. The van der Waals surface area contributed by atoms with Gasteiger partial charge in [-0.1, -0.05) is 24.3 Å². The van der Waals surface area contributed by atoms with Gasteiger partial charge in [-0.05, 0) is 30.9 Å². The standard InChI is InChI=1S/C19H18N4O/c1-24-17-9-5-3-6-14(17)15-7-2-4-8-16-18(15)19(21-12-20-16)13-10-22-23-11-13/h3,5-7,9-12H,2,4,8H2,1H3,(H,22,23). The number of rotatable bonds is 3. The molecule has 0 radical (unpaired) electrons. The largest absolute Gasteiger partial charge is 0.496 e. The van der Waals surface area contributed by atoms with E-state index in [2.05, 4.69) is 32.3 Å². The van der Waals surface area contributed by atoms with Gasteiger partial charge in [0.05, 0.1) is 24.7 Å². The molecule has 1 aliphatic carbocycles. The van der Waals surface area contributed by atoms with E-state index in [0.29, 0.717) is 0 Å². The van der Waals surface area contributed by atoms with E-state index in [4.69, 9.17) is 4.74 Å². The zero-order chi connectivity index (χ0) is 16.4. The Morgan fingerprint density at radius 3 is 2.92 bits per heavy atom. The van der Waals surface area contributed by atoms with Crippen LogP contribution in [0.3, 0.4) is 0 Å². The van der Waals surface area contributed by atoms with Crippen molar-refractivity contribution in [3.05, 3.63) is 65.9 Å². The summed E-state index contributed by atoms with van der Waals surface area (Å²) in [5.74, 6) is 0.860. The minimum atomic E-state index is 0.860. The number of allylic oxidation sites excluding steroid dienone is 1. The van der Waals surface area contributed by atoms with E-state index < -0.39 is 0 Å². The number of aromatic nitrogens is 4. The van der Waals surface area contributed by atoms with Crippen LogP contribution in [0.25, 0.3) is 16.8 Å². The quantitative estimate of drug-likeness (QED) is 0.801. The lowest BCUT2D eigenvalue weighted by molar-refractivity contribution is 0.413. The molecule has 24 heavy (non-hydrogen) atoms. The summed E-state index contributed by atoms with van der Waals surface area (Å²) in [5, 5.41) is 6.95. The van der Waals surface area contributed by atoms with Crippen LogP contribution in [0.2, 0.25) is 0 Å². The van der Waals surface area contributed by atoms with Gasteiger partial charge in [0, 0.05) is 22.9 Å². The second-order valence-corrected chi connectivity index (χ2v) is 5.74. The lowest BCUT2D eigenvalue weighted by Gasteiger charge is -2.16. The van der Waals surface area contributed by atoms with Crippen molar-refractivity contribution in [2.45, 2.75) is 19.3 Å². The first-order chi connectivity index (χ1) is 11.9. The molecule has 2 aromatic heterocycles. The molecule has 0 fully saturated rings. The predicted molar refractivity (Wildman–Crippen MR) is 92.6 cm³/mol. The van der Waals surface area contributed by atoms with Gasteiger partial charge in [0.1, 0.15) is 12.1 Å². The molecular weight excluding hydrogens is 300 g/mol. The number of para-hydroxylation sites is 1. The maximum atomic E-state index is 5.58. The highest BCUT2D eigenvalue weighted by Crippen LogP contribution is 2.38. The van der Waals surface area contributed by atoms with Gasteiger partial charge in [0.15, 0.2) is 0 Å². The molecule has 2 heterocycles. The fourth-order valence-electron chi connectivity index (χ4n) is 3.22. The van der Waals surface area contributed by atoms with Gasteiger partial charge in [-0.3, -0.25) is 5.10 Å². The number of aryl methyl sites for hydroxylation is 1. The topological polar surface area (TPSA) is 63.7 Å². The number of aromatic amines is 1. The Morgan fingerprint density at radius 2 is 2.08 bits per heavy atom. The summed E-state index contributed by atoms with van der Waals surface area (Å²) < 4.78 is 5.58. The first kappa shape index (κ1) is 14.6. The number of hydrogen-bond acceptors (Lipinski definition) is 4. The molecule has 0 unspecified atom stereocenters. The number of H-pyrrole nitrogens is 1. The Hall–Kier alpha value is -2.95. The van der Waals surface area contributed by atoms with Crippen LogP contribution >= 0.6 is 0 Å². The number of nitrogens with one attached hydrogen (secondary N) is 1. The van der Waals surface area contributed by atoms with Crippen molar-refractivity contribution in [3.63, 3.8) is 0 Å². The Labute approximate surface area is 140 Å². The average Bonchev–Trinajstić information content (AvgIpc) is 3.08. The van der Waals surface area contributed by atoms with Crippen LogP contribution in [0.4, 0.5) is 0 Å². The number of hydrogen-bond donors (Lipinski definition) is 1. The van der Waals surface area contributed by atoms with E-state index in [-0.39, 0.29) is 0 Å². The van der Waals surface area contributed by atoms with Gasteiger partial charge in [-0.2, -0.15) is 5.10 Å². The normalized spacial score (nSPS) is 13.8. The molecular formula is C19H18N4O. The van der Waals surface area contributed by atoms with Crippen LogP contribution in [0.15, 0.2) is 49.1 Å². The molecule has 5 heteroatoms. The van der Waals surface area contributed by atoms with Crippen LogP contribution in [-0.2, 0) is 6.42 Å². The molecule has 0 bridgehead atoms. The third-order valence-electron chi connectivity index (χ3n) is 4.33. The summed E-state index contributed by atoms with van der Waals surface area (Å²) in [6.07, 6.45) is 10.6. The molecule has 1 aromatic carbocycles. The van der Waals surface area contributed by atoms with Crippen molar-refractivity contribution in [1.82, 2.24) is 20.2 Å². The summed E-state index contributed by atoms with van der Waals surface area (Å²) in [6, 6.07) is 8.09. The highest BCUT2D eigenvalue weighted by molar-refractivity contribution is 5.90. The second kappa shape index (κ2) is 6.28. The third-order valence-corrected chi connectivity index (χ3v) is 4.33. The molecule has 5 nitrogen and oxygen atoms in total. The monoisotopic (exact) mass is 318 g/mol. The van der Waals surface area contributed by atoms with Gasteiger partial charge in [0.25, 0.3) is 0 Å². The highest BCUT2D eigenvalue weighted by atomic mass is 16.5. The second-order valence-electron chi connectivity index (χ2n) is 5.74. The van der Waals surface area contributed by atoms with Crippen molar-refractivity contribution in [1.29, 1.82) is 0 Å². The first-order valence-electron chi connectivity index (χ1n) is 8.05. The Morgan fingerprint density at radius 1 is 1.17 bits per heavy atom. The molecule has 1 aliphatic rings. The average molecular weight is 318 g/mol. The molecule has 1 N–H and O–H groups in total. The van der Waals surface area contributed by atoms with E-state index in [1.54, 1.807) is 19.6 Å². The number of fused-ring (bicyclic) bond motifs is 1. The minimum absolute atomic E-state index is 0.860. The first-order valence-corrected chi connectivity index (χ1v) is 8.05. The molecule has 3 aromatic rings. The molecule has 120 valence electrons. The molecule has 0 amide bonds. The zero-order valence-corrected chi connectivity index (χ0v) is 13.5. The summed E-state index contributed by atoms with van der Waals surface area (Å²) in [7, 11) is 1.70. The molecule has 0 saturated carbocycles. The summed E-state index contributed by atoms with van der Waals surface area (Å²) >= 11 is 0. The lowest BCUT2D eigenvalue weighted by atomic mass is 9.93. The fourth-order valence-corrected chi connectivity index (χ4v) is 3.22. The number of nitrogens with zero attached hydrogens (tertiary/aromatic N) is 3. The molecule has 0 atom stereocenters. The third kappa shape index (κ3) is 2.48. The van der Waals surface area contributed by atoms with Gasteiger partial charge < -0.3 is 4.74 Å². The van der Waals surface area contributed by atoms with Gasteiger partial charge in [-0.15, -0.1) is 0 Å². The maximum absolute atomic E-state index is 5.58. The summed E-state index contributed by atoms with van der Waals surface area (Å²) in [6.45, 7) is 0. The van der Waals surface area contributed by atoms with Crippen molar-refractivity contribution in [2.75, 3.05) is 7.11 Å². The highest BCUT2D eigenvalue weighted by Gasteiger charge is 2.22.